The molecule has 0 aromatic carbocycles. The summed E-state index contributed by atoms with van der Waals surface area (Å²) in [5.74, 6) is 2.32. The molecule has 0 spiro atoms. The summed E-state index contributed by atoms with van der Waals surface area (Å²) in [6, 6.07) is 0. The minimum atomic E-state index is -0.612. The first-order valence-electron chi connectivity index (χ1n) is 21.0. The van der Waals surface area contributed by atoms with Crippen LogP contribution in [0, 0.1) is 0 Å². The third-order valence-corrected chi connectivity index (χ3v) is 16.7. The maximum absolute atomic E-state index is 10.6. The molecule has 8 nitrogen and oxygen atoms in total. The van der Waals surface area contributed by atoms with Gasteiger partial charge in [-0.05, 0) is 90.4 Å². The third kappa shape index (κ3) is 27.4. The lowest BCUT2D eigenvalue weighted by Gasteiger charge is -2.30. The van der Waals surface area contributed by atoms with Gasteiger partial charge in [0.25, 0.3) is 0 Å². The average Bonchev–Trinajstić information content (AvgIpc) is 3.10. The second-order valence-electron chi connectivity index (χ2n) is 14.9. The number of hydrogen-bond acceptors (Lipinski definition) is 10. The zero-order valence-electron chi connectivity index (χ0n) is 32.6. The predicted octanol–water partition coefficient (Wildman–Crippen LogP) is 7.14. The summed E-state index contributed by atoms with van der Waals surface area (Å²) in [5.41, 5.74) is -0.255. The Morgan fingerprint density at radius 3 is 1.34 bits per heavy atom. The van der Waals surface area contributed by atoms with Crippen LogP contribution in [0.25, 0.3) is 0 Å². The van der Waals surface area contributed by atoms with Crippen LogP contribution in [0.2, 0.25) is 0 Å². The number of nitrogens with zero attached hydrogens (tertiary/aromatic N) is 2. The van der Waals surface area contributed by atoms with E-state index in [1.165, 1.54) is 89.9 Å². The molecule has 0 saturated carbocycles. The van der Waals surface area contributed by atoms with E-state index in [0.29, 0.717) is 13.6 Å². The van der Waals surface area contributed by atoms with Crippen LogP contribution in [0.15, 0.2) is 0 Å². The van der Waals surface area contributed by atoms with E-state index in [0.717, 1.165) is 102 Å². The molecule has 0 aromatic rings. The van der Waals surface area contributed by atoms with E-state index in [4.69, 9.17) is 18.9 Å². The van der Waals surface area contributed by atoms with Crippen LogP contribution in [0.4, 0.5) is 0 Å². The number of aliphatic hydroxyl groups is 2. The lowest BCUT2D eigenvalue weighted by molar-refractivity contribution is -0.0975. The van der Waals surface area contributed by atoms with Gasteiger partial charge in [-0.25, -0.2) is 0 Å². The summed E-state index contributed by atoms with van der Waals surface area (Å²) >= 11 is 0. The highest BCUT2D eigenvalue weighted by Gasteiger charge is 2.22. The van der Waals surface area contributed by atoms with Crippen LogP contribution in [-0.4, -0.2) is 127 Å². The molecule has 0 amide bonds. The SMILES string of the molecule is CCCCCCCCCOCOC1CCC(O)[SiH2]N(CCCSSCCCN2CCC(OCOCCCCCCCCC)CCC(O)[SiH2]2)CC1. The number of ether oxygens (including phenoxy) is 4. The van der Waals surface area contributed by atoms with Gasteiger partial charge in [-0.15, -0.1) is 0 Å². The van der Waals surface area contributed by atoms with Crippen molar-refractivity contribution >= 4 is 41.0 Å². The quantitative estimate of drug-likeness (QED) is 0.0328. The number of unbranched alkanes of at least 4 members (excludes halogenated alkanes) is 12. The summed E-state index contributed by atoms with van der Waals surface area (Å²) in [4.78, 5) is 0. The predicted molar refractivity (Wildman–Crippen MR) is 221 cm³/mol. The summed E-state index contributed by atoms with van der Waals surface area (Å²) in [7, 11) is 2.78. The topological polar surface area (TPSA) is 83.9 Å². The van der Waals surface area contributed by atoms with Crippen molar-refractivity contribution in [3.8, 4) is 0 Å². The maximum atomic E-state index is 10.6. The van der Waals surface area contributed by atoms with Gasteiger partial charge in [0.05, 0.1) is 23.7 Å². The normalized spacial score (nSPS) is 24.0. The van der Waals surface area contributed by atoms with Crippen LogP contribution in [0.1, 0.15) is 155 Å². The fourth-order valence-electron chi connectivity index (χ4n) is 6.94. The Morgan fingerprint density at radius 1 is 0.520 bits per heavy atom. The molecule has 2 rings (SSSR count). The summed E-state index contributed by atoms with van der Waals surface area (Å²) < 4.78 is 28.9. The lowest BCUT2D eigenvalue weighted by atomic mass is 10.1. The van der Waals surface area contributed by atoms with Crippen molar-refractivity contribution in [1.82, 2.24) is 9.13 Å². The Labute approximate surface area is 321 Å². The molecule has 2 aliphatic rings. The molecule has 50 heavy (non-hydrogen) atoms. The van der Waals surface area contributed by atoms with Gasteiger partial charge in [-0.1, -0.05) is 112 Å². The molecule has 0 aromatic heterocycles. The molecule has 2 fully saturated rings. The van der Waals surface area contributed by atoms with Crippen LogP contribution in [-0.2, 0) is 18.9 Å². The van der Waals surface area contributed by atoms with Gasteiger partial charge in [-0.2, -0.15) is 0 Å². The molecule has 4 unspecified atom stereocenters. The molecule has 0 aliphatic carbocycles. The third-order valence-electron chi connectivity index (χ3n) is 10.2. The van der Waals surface area contributed by atoms with Gasteiger partial charge >= 0.3 is 0 Å². The van der Waals surface area contributed by atoms with Crippen LogP contribution in [0.3, 0.4) is 0 Å². The van der Waals surface area contributed by atoms with E-state index < -0.39 is 19.4 Å². The molecule has 0 bridgehead atoms. The van der Waals surface area contributed by atoms with E-state index in [-0.39, 0.29) is 23.7 Å². The zero-order valence-corrected chi connectivity index (χ0v) is 37.1. The highest BCUT2D eigenvalue weighted by molar-refractivity contribution is 8.76. The second-order valence-corrected chi connectivity index (χ2v) is 22.0. The first kappa shape index (κ1) is 47.0. The van der Waals surface area contributed by atoms with E-state index in [2.05, 4.69) is 23.0 Å². The van der Waals surface area contributed by atoms with E-state index >= 15 is 0 Å². The average molecular weight is 781 g/mol. The van der Waals surface area contributed by atoms with Gasteiger partial charge in [0, 0.05) is 24.7 Å². The largest absolute Gasteiger partial charge is 0.396 e. The first-order chi connectivity index (χ1) is 24.6. The van der Waals surface area contributed by atoms with Crippen molar-refractivity contribution in [1.29, 1.82) is 0 Å². The highest BCUT2D eigenvalue weighted by Crippen LogP contribution is 2.24. The van der Waals surface area contributed by atoms with Crippen LogP contribution < -0.4 is 0 Å². The summed E-state index contributed by atoms with van der Waals surface area (Å²) in [6.07, 6.45) is 26.7. The standard InChI is InChI=1S/C38H80N2O6S2Si2/c1-3-5-7-9-11-13-15-29-43-33-45-35-19-21-37(41)49-39(27-23-35)25-17-31-47-48-32-18-26-40-28-24-36(20-22-38(42)50-40)46-34-44-30-16-14-12-10-8-6-4-2/h35-38,41-42H,3-34,49-50H2,1-2H3. The van der Waals surface area contributed by atoms with E-state index in [1.807, 2.05) is 21.6 Å². The minimum Gasteiger partial charge on any atom is -0.396 e. The van der Waals surface area contributed by atoms with E-state index in [1.54, 1.807) is 0 Å². The van der Waals surface area contributed by atoms with Crippen molar-refractivity contribution in [2.75, 3.05) is 64.5 Å². The van der Waals surface area contributed by atoms with Crippen molar-refractivity contribution in [2.24, 2.45) is 0 Å². The smallest absolute Gasteiger partial charge is 0.147 e. The fraction of sp³-hybridized carbons (Fsp3) is 1.00. The van der Waals surface area contributed by atoms with Gasteiger partial charge in [0.15, 0.2) is 0 Å². The lowest BCUT2D eigenvalue weighted by Crippen LogP contribution is -2.41. The molecule has 0 radical (unpaired) electrons. The van der Waals surface area contributed by atoms with Crippen molar-refractivity contribution in [3.63, 3.8) is 0 Å². The van der Waals surface area contributed by atoms with Gasteiger partial charge in [-0.3, -0.25) is 0 Å². The summed E-state index contributed by atoms with van der Waals surface area (Å²) in [6.45, 7) is 11.2. The monoisotopic (exact) mass is 780 g/mol. The Kier molecular flexibility index (Phi) is 32.2. The number of aliphatic hydroxyl groups excluding tert-OH is 2. The highest BCUT2D eigenvalue weighted by atomic mass is 33.1. The Balaban J connectivity index is 1.46. The van der Waals surface area contributed by atoms with Gasteiger partial charge in [0.2, 0.25) is 0 Å². The fourth-order valence-corrected chi connectivity index (χ4v) is 12.7. The number of hydrogen-bond donors (Lipinski definition) is 2. The minimum absolute atomic E-state index is 0.128. The molecule has 12 heteroatoms. The molecular formula is C38H80N2O6S2Si2. The molecule has 2 heterocycles. The molecule has 2 N–H and O–H groups in total. The van der Waals surface area contributed by atoms with Crippen molar-refractivity contribution in [3.05, 3.63) is 0 Å². The molecule has 2 saturated heterocycles. The second kappa shape index (κ2) is 34.3. The Hall–Kier alpha value is 0.814. The molecular weight excluding hydrogens is 701 g/mol. The molecule has 2 aliphatic heterocycles. The Bertz CT molecular complexity index is 683. The van der Waals surface area contributed by atoms with Gasteiger partial charge < -0.3 is 38.3 Å². The molecule has 4 atom stereocenters. The zero-order chi connectivity index (χ0) is 35.7. The summed E-state index contributed by atoms with van der Waals surface area (Å²) in [5, 5.41) is 21.2. The van der Waals surface area contributed by atoms with Crippen molar-refractivity contribution in [2.45, 2.75) is 179 Å². The van der Waals surface area contributed by atoms with E-state index in [9.17, 15) is 10.2 Å². The first-order valence-corrected chi connectivity index (χ1v) is 26.4. The Morgan fingerprint density at radius 2 is 0.920 bits per heavy atom. The van der Waals surface area contributed by atoms with Crippen LogP contribution >= 0.6 is 21.6 Å². The van der Waals surface area contributed by atoms with Gasteiger partial charge in [0.1, 0.15) is 32.9 Å². The maximum Gasteiger partial charge on any atom is 0.147 e. The molecule has 298 valence electrons. The number of rotatable bonds is 31. The van der Waals surface area contributed by atoms with Crippen LogP contribution in [0.5, 0.6) is 0 Å². The van der Waals surface area contributed by atoms with Crippen molar-refractivity contribution < 1.29 is 29.2 Å².